The maximum atomic E-state index is 6.51. The van der Waals surface area contributed by atoms with Crippen LogP contribution < -0.4 is 5.46 Å². The van der Waals surface area contributed by atoms with E-state index < -0.39 is 18.3 Å². The third-order valence-corrected chi connectivity index (χ3v) is 12.0. The minimum Gasteiger partial charge on any atom is -0.399 e. The molecule has 2 aromatic heterocycles. The summed E-state index contributed by atoms with van der Waals surface area (Å²) >= 11 is 0. The molecule has 1 saturated heterocycles. The summed E-state index contributed by atoms with van der Waals surface area (Å²) in [7, 11) is -0.907. The quantitative estimate of drug-likeness (QED) is 0.177. The molecular formula is C40H35BN3O2P. The third kappa shape index (κ3) is 5.18. The zero-order valence-electron chi connectivity index (χ0n) is 27.2. The predicted octanol–water partition coefficient (Wildman–Crippen LogP) is 9.67. The fraction of sp³-hybridized carbons (Fsp3) is 0.175. The van der Waals surface area contributed by atoms with Gasteiger partial charge in [0.1, 0.15) is 0 Å². The van der Waals surface area contributed by atoms with Crippen molar-refractivity contribution in [1.82, 2.24) is 15.0 Å². The van der Waals surface area contributed by atoms with Crippen LogP contribution >= 0.6 is 7.53 Å². The van der Waals surface area contributed by atoms with Crippen LogP contribution in [0.3, 0.4) is 0 Å². The van der Waals surface area contributed by atoms with E-state index in [1.54, 1.807) is 0 Å². The summed E-state index contributed by atoms with van der Waals surface area (Å²) in [5.74, 6) is 1.85. The van der Waals surface area contributed by atoms with E-state index in [9.17, 15) is 0 Å². The van der Waals surface area contributed by atoms with E-state index in [0.717, 1.165) is 33.3 Å². The van der Waals surface area contributed by atoms with Gasteiger partial charge in [0.15, 0.2) is 17.5 Å². The molecule has 1 fully saturated rings. The Hall–Kier alpha value is -4.61. The summed E-state index contributed by atoms with van der Waals surface area (Å²) in [6.45, 7) is 10.7. The topological polar surface area (TPSA) is 57.1 Å². The molecule has 5 nitrogen and oxygen atoms in total. The largest absolute Gasteiger partial charge is 0.494 e. The molecule has 1 aliphatic heterocycles. The van der Waals surface area contributed by atoms with Crippen molar-refractivity contribution in [3.8, 4) is 45.3 Å². The second kappa shape index (κ2) is 11.3. The molecule has 7 heteroatoms. The van der Waals surface area contributed by atoms with Crippen LogP contribution in [0.5, 0.6) is 0 Å². The van der Waals surface area contributed by atoms with Crippen molar-refractivity contribution in [3.05, 3.63) is 121 Å². The summed E-state index contributed by atoms with van der Waals surface area (Å²) < 4.78 is 13.0. The summed E-state index contributed by atoms with van der Waals surface area (Å²) in [4.78, 5) is 15.2. The highest BCUT2D eigenvalue weighted by Crippen LogP contribution is 2.48. The van der Waals surface area contributed by atoms with Crippen LogP contribution in [-0.2, 0) is 16.0 Å². The van der Waals surface area contributed by atoms with Crippen LogP contribution in [0.25, 0.3) is 66.3 Å². The maximum Gasteiger partial charge on any atom is 0.494 e. The van der Waals surface area contributed by atoms with Gasteiger partial charge in [0.05, 0.1) is 11.2 Å². The molecular weight excluding hydrogens is 596 g/mol. The van der Waals surface area contributed by atoms with Crippen LogP contribution in [0.4, 0.5) is 0 Å². The molecule has 230 valence electrons. The number of aromatic nitrogens is 3. The molecule has 5 aromatic carbocycles. The molecule has 8 rings (SSSR count). The van der Waals surface area contributed by atoms with Gasteiger partial charge in [0.2, 0.25) is 0 Å². The zero-order chi connectivity index (χ0) is 32.3. The second-order valence-electron chi connectivity index (χ2n) is 13.2. The van der Waals surface area contributed by atoms with Gasteiger partial charge >= 0.3 is 7.12 Å². The van der Waals surface area contributed by atoms with E-state index in [1.165, 1.54) is 21.0 Å². The minimum atomic E-state index is -0.521. The first-order chi connectivity index (χ1) is 22.7. The molecule has 1 unspecified atom stereocenters. The van der Waals surface area contributed by atoms with Gasteiger partial charge in [-0.1, -0.05) is 109 Å². The number of fused-ring (bicyclic) bond motifs is 3. The van der Waals surface area contributed by atoms with Gasteiger partial charge in [-0.25, -0.2) is 15.0 Å². The van der Waals surface area contributed by atoms with E-state index in [1.807, 2.05) is 60.7 Å². The standard InChI is InChI=1S/C40H35BN3O2P/c1-39(2)40(3,4)46-41(45-39)29-21-22-30(28-20-23-35-32(24-28)31-18-12-13-19-34(31)47(35)5)33(25-29)38-43-36(26-14-8-6-9-15-26)42-37(44-38)27-16-10-7-11-17-27/h6-25H,1-5H3. The van der Waals surface area contributed by atoms with Gasteiger partial charge in [0.25, 0.3) is 0 Å². The normalized spacial score (nSPS) is 15.9. The van der Waals surface area contributed by atoms with Crippen molar-refractivity contribution in [2.24, 2.45) is 6.66 Å². The first-order valence-corrected chi connectivity index (χ1v) is 17.8. The van der Waals surface area contributed by atoms with Crippen molar-refractivity contribution in [1.29, 1.82) is 0 Å². The molecule has 3 heterocycles. The van der Waals surface area contributed by atoms with Gasteiger partial charge in [-0.05, 0) is 73.9 Å². The van der Waals surface area contributed by atoms with Crippen molar-refractivity contribution >= 4 is 41.1 Å². The lowest BCUT2D eigenvalue weighted by Crippen LogP contribution is -2.41. The highest BCUT2D eigenvalue weighted by molar-refractivity contribution is 7.59. The monoisotopic (exact) mass is 631 g/mol. The predicted molar refractivity (Wildman–Crippen MR) is 196 cm³/mol. The summed E-state index contributed by atoms with van der Waals surface area (Å²) in [6, 6.07) is 42.3. The van der Waals surface area contributed by atoms with Crippen LogP contribution in [-0.4, -0.2) is 33.3 Å². The fourth-order valence-corrected chi connectivity index (χ4v) is 8.36. The Morgan fingerprint density at radius 2 is 1.06 bits per heavy atom. The van der Waals surface area contributed by atoms with Gasteiger partial charge < -0.3 is 9.31 Å². The van der Waals surface area contributed by atoms with Gasteiger partial charge in [-0.3, -0.25) is 0 Å². The summed E-state index contributed by atoms with van der Waals surface area (Å²) in [5.41, 5.74) is 4.93. The number of nitrogens with zero attached hydrogens (tertiary/aromatic N) is 3. The van der Waals surface area contributed by atoms with E-state index in [-0.39, 0.29) is 7.53 Å². The van der Waals surface area contributed by atoms with Crippen molar-refractivity contribution in [2.45, 2.75) is 38.9 Å². The van der Waals surface area contributed by atoms with Crippen molar-refractivity contribution < 1.29 is 9.31 Å². The first-order valence-electron chi connectivity index (χ1n) is 16.0. The van der Waals surface area contributed by atoms with E-state index >= 15 is 0 Å². The number of rotatable bonds is 5. The number of hydrogen-bond donors (Lipinski definition) is 0. The number of hydrogen-bond acceptors (Lipinski definition) is 5. The van der Waals surface area contributed by atoms with E-state index in [2.05, 4.69) is 95.0 Å². The Morgan fingerprint density at radius 1 is 0.511 bits per heavy atom. The molecule has 0 aliphatic carbocycles. The molecule has 1 aliphatic rings. The SMILES string of the molecule is Cp1c2ccccc2c2cc(-c3ccc(B4OC(C)(C)C(C)(C)O4)cc3-c3nc(-c4ccccc4)nc(-c4ccccc4)n3)ccc21. The Bertz CT molecular complexity index is 2210. The third-order valence-electron chi connectivity index (χ3n) is 9.73. The Kier molecular flexibility index (Phi) is 7.14. The molecule has 1 atom stereocenters. The average molecular weight is 632 g/mol. The fourth-order valence-electron chi connectivity index (χ4n) is 6.39. The maximum absolute atomic E-state index is 6.51. The van der Waals surface area contributed by atoms with Crippen molar-refractivity contribution in [3.63, 3.8) is 0 Å². The molecule has 0 bridgehead atoms. The second-order valence-corrected chi connectivity index (χ2v) is 15.3. The molecule has 0 saturated carbocycles. The molecule has 0 N–H and O–H groups in total. The van der Waals surface area contributed by atoms with Crippen LogP contribution in [0.2, 0.25) is 0 Å². The van der Waals surface area contributed by atoms with E-state index in [0.29, 0.717) is 17.5 Å². The smallest absolute Gasteiger partial charge is 0.399 e. The van der Waals surface area contributed by atoms with Crippen molar-refractivity contribution in [2.75, 3.05) is 0 Å². The minimum absolute atomic E-state index is 0.386. The summed E-state index contributed by atoms with van der Waals surface area (Å²) in [6.07, 6.45) is 0. The first kappa shape index (κ1) is 29.8. The lowest BCUT2D eigenvalue weighted by atomic mass is 9.77. The average Bonchev–Trinajstić information content (AvgIpc) is 3.51. The lowest BCUT2D eigenvalue weighted by molar-refractivity contribution is 0.00578. The van der Waals surface area contributed by atoms with Gasteiger partial charge in [-0.15, -0.1) is 7.53 Å². The molecule has 0 amide bonds. The molecule has 7 aromatic rings. The summed E-state index contributed by atoms with van der Waals surface area (Å²) in [5, 5.41) is 5.48. The number of benzene rings is 5. The van der Waals surface area contributed by atoms with Gasteiger partial charge in [0, 0.05) is 26.9 Å². The highest BCUT2D eigenvalue weighted by Gasteiger charge is 2.51. The van der Waals surface area contributed by atoms with E-state index in [4.69, 9.17) is 24.3 Å². The molecule has 0 spiro atoms. The lowest BCUT2D eigenvalue weighted by Gasteiger charge is -2.32. The van der Waals surface area contributed by atoms with Crippen LogP contribution in [0.15, 0.2) is 121 Å². The van der Waals surface area contributed by atoms with Crippen LogP contribution in [0, 0.1) is 0 Å². The molecule has 47 heavy (non-hydrogen) atoms. The van der Waals surface area contributed by atoms with Gasteiger partial charge in [-0.2, -0.15) is 0 Å². The molecule has 0 radical (unpaired) electrons. The zero-order valence-corrected chi connectivity index (χ0v) is 28.1. The van der Waals surface area contributed by atoms with Crippen LogP contribution in [0.1, 0.15) is 27.7 Å². The Labute approximate surface area is 276 Å². The Balaban J connectivity index is 1.37. The highest BCUT2D eigenvalue weighted by atomic mass is 31.1. The number of aryl methyl sites for hydroxylation is 1. The Morgan fingerprint density at radius 3 is 1.70 bits per heavy atom.